The highest BCUT2D eigenvalue weighted by molar-refractivity contribution is 8.19. The number of anilines is 1. The molecule has 0 bridgehead atoms. The summed E-state index contributed by atoms with van der Waals surface area (Å²) in [6, 6.07) is 10.8. The first kappa shape index (κ1) is 12.7. The van der Waals surface area contributed by atoms with Crippen molar-refractivity contribution >= 4 is 34.7 Å². The third kappa shape index (κ3) is 2.28. The Morgan fingerprint density at radius 1 is 1.20 bits per heavy atom. The second-order valence-electron chi connectivity index (χ2n) is 4.37. The van der Waals surface area contributed by atoms with Gasteiger partial charge in [-0.15, -0.1) is 0 Å². The van der Waals surface area contributed by atoms with Crippen molar-refractivity contribution in [1.29, 1.82) is 0 Å². The van der Waals surface area contributed by atoms with Crippen LogP contribution in [0.1, 0.15) is 11.3 Å². The zero-order valence-electron chi connectivity index (χ0n) is 10.7. The number of benzene rings is 1. The molecular formula is C15H11NO3S. The second kappa shape index (κ2) is 5.02. The molecule has 2 aromatic rings. The van der Waals surface area contributed by atoms with Gasteiger partial charge in [0.05, 0.1) is 16.9 Å². The summed E-state index contributed by atoms with van der Waals surface area (Å²) >= 11 is 0.919. The summed E-state index contributed by atoms with van der Waals surface area (Å²) < 4.78 is 5.17. The second-order valence-corrected chi connectivity index (χ2v) is 5.36. The molecule has 1 aliphatic heterocycles. The van der Waals surface area contributed by atoms with Crippen molar-refractivity contribution in [2.75, 3.05) is 4.90 Å². The van der Waals surface area contributed by atoms with Crippen LogP contribution in [0.25, 0.3) is 6.08 Å². The first-order valence-corrected chi connectivity index (χ1v) is 6.85. The van der Waals surface area contributed by atoms with Crippen molar-refractivity contribution in [2.24, 2.45) is 0 Å². The molecule has 20 heavy (non-hydrogen) atoms. The highest BCUT2D eigenvalue weighted by Crippen LogP contribution is 2.35. The number of carbonyl (C=O) groups excluding carboxylic acids is 2. The predicted octanol–water partition coefficient (Wildman–Crippen LogP) is 3.83. The largest absolute Gasteiger partial charge is 0.465 e. The van der Waals surface area contributed by atoms with Gasteiger partial charge in [-0.1, -0.05) is 12.1 Å². The molecule has 0 aliphatic carbocycles. The van der Waals surface area contributed by atoms with E-state index >= 15 is 0 Å². The van der Waals surface area contributed by atoms with Crippen LogP contribution in [0.15, 0.2) is 52.0 Å². The Morgan fingerprint density at radius 3 is 2.75 bits per heavy atom. The zero-order valence-corrected chi connectivity index (χ0v) is 11.5. The SMILES string of the molecule is Cc1cccc(N2C(=O)S/C(=C/c3ccco3)C2=O)c1. The number of imide groups is 1. The molecule has 1 fully saturated rings. The Bertz CT molecular complexity index is 704. The number of hydrogen-bond donors (Lipinski definition) is 0. The van der Waals surface area contributed by atoms with E-state index in [4.69, 9.17) is 4.42 Å². The van der Waals surface area contributed by atoms with Crippen molar-refractivity contribution in [2.45, 2.75) is 6.92 Å². The molecule has 0 N–H and O–H groups in total. The average Bonchev–Trinajstić information content (AvgIpc) is 2.99. The molecule has 1 aliphatic rings. The molecule has 1 aromatic carbocycles. The summed E-state index contributed by atoms with van der Waals surface area (Å²) in [6.45, 7) is 1.92. The maximum Gasteiger partial charge on any atom is 0.298 e. The third-order valence-electron chi connectivity index (χ3n) is 2.87. The molecule has 0 saturated carbocycles. The maximum absolute atomic E-state index is 12.3. The lowest BCUT2D eigenvalue weighted by Gasteiger charge is -2.12. The number of furan rings is 1. The van der Waals surface area contributed by atoms with Gasteiger partial charge in [0.2, 0.25) is 0 Å². The molecule has 0 spiro atoms. The van der Waals surface area contributed by atoms with Crippen LogP contribution < -0.4 is 4.90 Å². The topological polar surface area (TPSA) is 50.5 Å². The van der Waals surface area contributed by atoms with Gasteiger partial charge in [-0.05, 0) is 48.5 Å². The highest BCUT2D eigenvalue weighted by atomic mass is 32.2. The van der Waals surface area contributed by atoms with Gasteiger partial charge in [-0.2, -0.15) is 0 Å². The minimum absolute atomic E-state index is 0.293. The van der Waals surface area contributed by atoms with Gasteiger partial charge in [-0.3, -0.25) is 9.59 Å². The lowest BCUT2D eigenvalue weighted by molar-refractivity contribution is -0.113. The van der Waals surface area contributed by atoms with Crippen LogP contribution in [-0.4, -0.2) is 11.1 Å². The van der Waals surface area contributed by atoms with E-state index in [2.05, 4.69) is 0 Å². The quantitative estimate of drug-likeness (QED) is 0.787. The molecular weight excluding hydrogens is 274 g/mol. The lowest BCUT2D eigenvalue weighted by atomic mass is 10.2. The van der Waals surface area contributed by atoms with Crippen molar-refractivity contribution < 1.29 is 14.0 Å². The number of thioether (sulfide) groups is 1. The van der Waals surface area contributed by atoms with Crippen LogP contribution in [-0.2, 0) is 4.79 Å². The summed E-state index contributed by atoms with van der Waals surface area (Å²) in [4.78, 5) is 25.9. The molecule has 5 heteroatoms. The van der Waals surface area contributed by atoms with Gasteiger partial charge < -0.3 is 4.42 Å². The van der Waals surface area contributed by atoms with Crippen molar-refractivity contribution in [3.05, 3.63) is 58.9 Å². The van der Waals surface area contributed by atoms with Crippen molar-refractivity contribution in [3.8, 4) is 0 Å². The summed E-state index contributed by atoms with van der Waals surface area (Å²) in [6.07, 6.45) is 3.11. The van der Waals surface area contributed by atoms with Crippen LogP contribution in [0, 0.1) is 6.92 Å². The first-order chi connectivity index (χ1) is 9.65. The standard InChI is InChI=1S/C15H11NO3S/c1-10-4-2-5-11(8-10)16-14(17)13(20-15(16)18)9-12-6-3-7-19-12/h2-9H,1H3/b13-9+. The molecule has 0 radical (unpaired) electrons. The van der Waals surface area contributed by atoms with Crippen LogP contribution >= 0.6 is 11.8 Å². The normalized spacial score (nSPS) is 17.2. The molecule has 1 aromatic heterocycles. The third-order valence-corrected chi connectivity index (χ3v) is 3.74. The van der Waals surface area contributed by atoms with Gasteiger partial charge in [0, 0.05) is 6.08 Å². The predicted molar refractivity (Wildman–Crippen MR) is 78.3 cm³/mol. The fraction of sp³-hybridized carbons (Fsp3) is 0.0667. The summed E-state index contributed by atoms with van der Waals surface area (Å²) in [7, 11) is 0. The van der Waals surface area contributed by atoms with E-state index in [9.17, 15) is 9.59 Å². The Balaban J connectivity index is 1.95. The Morgan fingerprint density at radius 2 is 2.05 bits per heavy atom. The minimum atomic E-state index is -0.318. The van der Waals surface area contributed by atoms with Gasteiger partial charge in [-0.25, -0.2) is 4.90 Å². The van der Waals surface area contributed by atoms with E-state index < -0.39 is 0 Å². The van der Waals surface area contributed by atoms with E-state index in [1.165, 1.54) is 11.2 Å². The minimum Gasteiger partial charge on any atom is -0.465 e. The highest BCUT2D eigenvalue weighted by Gasteiger charge is 2.36. The molecule has 0 atom stereocenters. The van der Waals surface area contributed by atoms with Crippen molar-refractivity contribution in [3.63, 3.8) is 0 Å². The molecule has 100 valence electrons. The van der Waals surface area contributed by atoms with E-state index in [0.29, 0.717) is 16.4 Å². The van der Waals surface area contributed by atoms with E-state index in [0.717, 1.165) is 17.3 Å². The molecule has 3 rings (SSSR count). The van der Waals surface area contributed by atoms with Crippen LogP contribution in [0.3, 0.4) is 0 Å². The smallest absolute Gasteiger partial charge is 0.298 e. The molecule has 1 saturated heterocycles. The van der Waals surface area contributed by atoms with E-state index in [1.54, 1.807) is 24.3 Å². The van der Waals surface area contributed by atoms with E-state index in [-0.39, 0.29) is 11.1 Å². The monoisotopic (exact) mass is 285 g/mol. The van der Waals surface area contributed by atoms with Gasteiger partial charge in [0.25, 0.3) is 11.1 Å². The van der Waals surface area contributed by atoms with Crippen molar-refractivity contribution in [1.82, 2.24) is 0 Å². The van der Waals surface area contributed by atoms with Gasteiger partial charge in [0.15, 0.2) is 0 Å². The molecule has 2 amide bonds. The van der Waals surface area contributed by atoms with Crippen LogP contribution in [0.5, 0.6) is 0 Å². The number of hydrogen-bond acceptors (Lipinski definition) is 4. The summed E-state index contributed by atoms with van der Waals surface area (Å²) in [5, 5.41) is -0.293. The summed E-state index contributed by atoms with van der Waals surface area (Å²) in [5.74, 6) is 0.238. The number of aryl methyl sites for hydroxylation is 1. The summed E-state index contributed by atoms with van der Waals surface area (Å²) in [5.41, 5.74) is 1.59. The maximum atomic E-state index is 12.3. The Kier molecular flexibility index (Phi) is 3.20. The number of amides is 2. The number of nitrogens with zero attached hydrogens (tertiary/aromatic N) is 1. The Labute approximate surface area is 120 Å². The molecule has 2 heterocycles. The molecule has 4 nitrogen and oxygen atoms in total. The van der Waals surface area contributed by atoms with Crippen LogP contribution in [0.4, 0.5) is 10.5 Å². The van der Waals surface area contributed by atoms with E-state index in [1.807, 2.05) is 25.1 Å². The van der Waals surface area contributed by atoms with Gasteiger partial charge in [0.1, 0.15) is 5.76 Å². The van der Waals surface area contributed by atoms with Gasteiger partial charge >= 0.3 is 0 Å². The fourth-order valence-corrected chi connectivity index (χ4v) is 2.78. The first-order valence-electron chi connectivity index (χ1n) is 6.03. The zero-order chi connectivity index (χ0) is 14.1. The molecule has 0 unspecified atom stereocenters. The Hall–Kier alpha value is -2.27. The number of rotatable bonds is 2. The fourth-order valence-electron chi connectivity index (χ4n) is 1.96. The van der Waals surface area contributed by atoms with Crippen LogP contribution in [0.2, 0.25) is 0 Å². The average molecular weight is 285 g/mol. The number of carbonyl (C=O) groups is 2. The lowest BCUT2D eigenvalue weighted by Crippen LogP contribution is -2.27.